The summed E-state index contributed by atoms with van der Waals surface area (Å²) in [5.74, 6) is 1.93. The largest absolute Gasteiger partial charge is 0.493 e. The maximum atomic E-state index is 7.07. The molecule has 0 aliphatic heterocycles. The Kier molecular flexibility index (Phi) is 29.5. The minimum absolute atomic E-state index is 0.468. The van der Waals surface area contributed by atoms with Gasteiger partial charge in [-0.15, -0.1) is 0 Å². The second-order valence-electron chi connectivity index (χ2n) is 23.7. The normalized spacial score (nSPS) is 10.6. The van der Waals surface area contributed by atoms with Gasteiger partial charge in [0.15, 0.2) is 0 Å². The van der Waals surface area contributed by atoms with E-state index < -0.39 is 0 Å². The van der Waals surface area contributed by atoms with Gasteiger partial charge in [-0.25, -0.2) is 15.0 Å². The number of hydrogen-bond acceptors (Lipinski definition) is 9. The summed E-state index contributed by atoms with van der Waals surface area (Å²) in [6.45, 7) is 15.0. The first-order valence-corrected chi connectivity index (χ1v) is 33.9. The maximum Gasteiger partial charge on any atom is 0.124 e. The Bertz CT molecular complexity index is 3150. The highest BCUT2D eigenvalue weighted by Gasteiger charge is 2.07. The van der Waals surface area contributed by atoms with Crippen LogP contribution in [0.15, 0.2) is 72.8 Å². The van der Waals surface area contributed by atoms with Crippen LogP contribution in [-0.2, 0) is 19.3 Å². The molecule has 12 bridgehead atoms. The van der Waals surface area contributed by atoms with Crippen molar-refractivity contribution in [1.82, 2.24) is 15.0 Å². The Hall–Kier alpha value is -8.73. The number of rotatable bonds is 33. The fourth-order valence-corrected chi connectivity index (χ4v) is 10.5. The molecule has 0 spiro atoms. The summed E-state index contributed by atoms with van der Waals surface area (Å²) in [6, 6.07) is 64.2. The second kappa shape index (κ2) is 38.6. The standard InChI is InChI=1S/C81H96N6O3/c1-7-13-19-22-25-28-46-88-76-55-70-40-34-64-49-61(31-16-10-4)51-66(79(64)82)36-42-72-57-77(89-47-29-26-23-20-14-8-2)59-74(86-72)44-38-68-53-63(33-18-12-6)54-69(81(68)84)39-45-75-60-78(90-48-30-27-24-21-15-9-3)58-73(87-75)43-37-67-52-62(32-17-11-5)50-65(80(67)83)35-41-71(56-76)85-70/h49-60H,7-33,46-48,82-84H2,1-6H3. The molecule has 0 fully saturated rings. The van der Waals surface area contributed by atoms with E-state index in [0.29, 0.717) is 120 Å². The number of anilines is 3. The summed E-state index contributed by atoms with van der Waals surface area (Å²) in [5.41, 5.74) is 28.8. The Labute approximate surface area is 540 Å². The number of ether oxygens (including phenoxy) is 3. The molecule has 6 N–H and O–H groups in total. The van der Waals surface area contributed by atoms with Crippen molar-refractivity contribution in [3.63, 3.8) is 0 Å². The molecule has 0 radical (unpaired) electrons. The maximum absolute atomic E-state index is 7.07. The molecule has 0 saturated heterocycles. The lowest BCUT2D eigenvalue weighted by Gasteiger charge is -2.06. The van der Waals surface area contributed by atoms with Gasteiger partial charge < -0.3 is 31.4 Å². The molecule has 0 aliphatic carbocycles. The third kappa shape index (κ3) is 23.3. The van der Waals surface area contributed by atoms with Crippen LogP contribution < -0.4 is 31.4 Å². The number of nitrogen functional groups attached to an aromatic ring is 3. The first-order chi connectivity index (χ1) is 44.1. The average molecular weight is 1200 g/mol. The topological polar surface area (TPSA) is 144 Å². The van der Waals surface area contributed by atoms with Gasteiger partial charge in [0.1, 0.15) is 50.3 Å². The highest BCUT2D eigenvalue weighted by Crippen LogP contribution is 2.26. The third-order valence-electron chi connectivity index (χ3n) is 15.8. The molecule has 0 atom stereocenters. The number of unbranched alkanes of at least 4 members (excludes halogenated alkanes) is 18. The van der Waals surface area contributed by atoms with E-state index >= 15 is 0 Å². The Balaban J connectivity index is 1.50. The van der Waals surface area contributed by atoms with Crippen molar-refractivity contribution in [1.29, 1.82) is 0 Å². The van der Waals surface area contributed by atoms with Crippen molar-refractivity contribution in [2.45, 2.75) is 215 Å². The zero-order chi connectivity index (χ0) is 63.6. The zero-order valence-electron chi connectivity index (χ0n) is 54.9. The summed E-state index contributed by atoms with van der Waals surface area (Å²) in [6.07, 6.45) is 29.3. The van der Waals surface area contributed by atoms with Crippen LogP contribution in [0.25, 0.3) is 65.4 Å². The highest BCUT2D eigenvalue weighted by atomic mass is 16.5. The van der Waals surface area contributed by atoms with E-state index in [1.807, 2.05) is 36.4 Å². The second-order valence-corrected chi connectivity index (χ2v) is 23.7. The molecular formula is C81H96N6O3. The molecule has 3 aromatic carbocycles. The van der Waals surface area contributed by atoms with E-state index in [2.05, 4.69) is 151 Å². The summed E-state index contributed by atoms with van der Waals surface area (Å²) in [5, 5.41) is 3.93. The molecule has 9 nitrogen and oxygen atoms in total. The van der Waals surface area contributed by atoms with Crippen LogP contribution in [-0.4, -0.2) is 34.8 Å². The van der Waals surface area contributed by atoms with Gasteiger partial charge >= 0.3 is 0 Å². The average Bonchev–Trinajstić information content (AvgIpc) is 1.53. The van der Waals surface area contributed by atoms with E-state index in [1.165, 1.54) is 77.0 Å². The molecular weight excluding hydrogens is 1100 g/mol. The molecule has 4 aromatic heterocycles. The molecule has 4 heterocycles. The lowest BCUT2D eigenvalue weighted by Crippen LogP contribution is -1.97. The van der Waals surface area contributed by atoms with Crippen molar-refractivity contribution in [3.8, 4) is 17.2 Å². The van der Waals surface area contributed by atoms with Gasteiger partial charge in [0.05, 0.1) is 36.9 Å². The molecule has 7 aromatic rings. The van der Waals surface area contributed by atoms with Crippen LogP contribution in [0.1, 0.15) is 212 Å². The fraction of sp³-hybridized carbons (Fsp3) is 0.444. The lowest BCUT2D eigenvalue weighted by atomic mass is 10.0. The monoisotopic (exact) mass is 1200 g/mol. The highest BCUT2D eigenvalue weighted by molar-refractivity contribution is 5.90. The summed E-state index contributed by atoms with van der Waals surface area (Å²) in [4.78, 5) is 15.0. The SMILES string of the molecule is CCCCCCCCOc1cc2c#cc3cc(CCCC)cc(c#cc4cc(OCCCCCCCC)cc(c#cc5cc(CCCC)cc(c#cc6cc(OCCCCCCCC)cc(c#cc7cc(CCCC)cc(c#cc(c1)n2)c7N)n6)c5N)n4)c3N. The van der Waals surface area contributed by atoms with Gasteiger partial charge in [-0.05, 0) is 147 Å². The van der Waals surface area contributed by atoms with Gasteiger partial charge in [0, 0.05) is 68.7 Å². The van der Waals surface area contributed by atoms with Gasteiger partial charge in [0.2, 0.25) is 0 Å². The fourth-order valence-electron chi connectivity index (χ4n) is 10.5. The van der Waals surface area contributed by atoms with Crippen LogP contribution in [0.3, 0.4) is 0 Å². The number of nitrogens with two attached hydrogens (primary N) is 3. The van der Waals surface area contributed by atoms with E-state index in [1.54, 1.807) is 0 Å². The van der Waals surface area contributed by atoms with Crippen LogP contribution in [0.4, 0.5) is 17.1 Å². The first kappa shape index (κ1) is 68.8. The molecule has 468 valence electrons. The third-order valence-corrected chi connectivity index (χ3v) is 15.8. The number of pyridine rings is 3. The van der Waals surface area contributed by atoms with E-state index in [-0.39, 0.29) is 0 Å². The quantitative estimate of drug-likeness (QED) is 0.0270. The van der Waals surface area contributed by atoms with Gasteiger partial charge in [0.25, 0.3) is 0 Å². The van der Waals surface area contributed by atoms with Crippen LogP contribution in [0.2, 0.25) is 0 Å². The van der Waals surface area contributed by atoms with Crippen LogP contribution in [0, 0.1) is 72.8 Å². The van der Waals surface area contributed by atoms with Crippen molar-refractivity contribution >= 4 is 82.5 Å². The lowest BCUT2D eigenvalue weighted by molar-refractivity contribution is 0.304. The van der Waals surface area contributed by atoms with Gasteiger partial charge in [-0.1, -0.05) is 194 Å². The van der Waals surface area contributed by atoms with Gasteiger partial charge in [-0.2, -0.15) is 0 Å². The number of fused-ring (bicyclic) bond motifs is 12. The summed E-state index contributed by atoms with van der Waals surface area (Å²) >= 11 is 0. The number of aryl methyl sites for hydroxylation is 3. The zero-order valence-corrected chi connectivity index (χ0v) is 54.9. The predicted molar refractivity (Wildman–Crippen MR) is 376 cm³/mol. The molecule has 0 aliphatic rings. The van der Waals surface area contributed by atoms with Crippen molar-refractivity contribution in [2.24, 2.45) is 0 Å². The van der Waals surface area contributed by atoms with Crippen LogP contribution >= 0.6 is 0 Å². The Morgan fingerprint density at radius 2 is 0.456 bits per heavy atom. The molecule has 9 heteroatoms. The molecule has 0 unspecified atom stereocenters. The first-order valence-electron chi connectivity index (χ1n) is 33.9. The minimum Gasteiger partial charge on any atom is -0.493 e. The van der Waals surface area contributed by atoms with Gasteiger partial charge in [-0.3, -0.25) is 0 Å². The number of aromatic nitrogens is 3. The molecule has 0 amide bonds. The number of benzene rings is 3. The molecule has 7 rings (SSSR count). The summed E-state index contributed by atoms with van der Waals surface area (Å²) < 4.78 is 19.3. The molecule has 90 heavy (non-hydrogen) atoms. The Morgan fingerprint density at radius 3 is 0.667 bits per heavy atom. The Morgan fingerprint density at radius 1 is 0.256 bits per heavy atom. The van der Waals surface area contributed by atoms with Crippen molar-refractivity contribution in [3.05, 3.63) is 162 Å². The van der Waals surface area contributed by atoms with Crippen molar-refractivity contribution in [2.75, 3.05) is 37.0 Å². The minimum atomic E-state index is 0.468. The number of nitrogens with zero attached hydrogens (tertiary/aromatic N) is 3. The van der Waals surface area contributed by atoms with E-state index in [0.717, 1.165) is 113 Å². The number of hydrogen-bond donors (Lipinski definition) is 3. The predicted octanol–water partition coefficient (Wildman–Crippen LogP) is 20.4. The van der Waals surface area contributed by atoms with Crippen molar-refractivity contribution < 1.29 is 14.2 Å². The van der Waals surface area contributed by atoms with Crippen LogP contribution in [0.5, 0.6) is 17.2 Å². The van der Waals surface area contributed by atoms with E-state index in [4.69, 9.17) is 46.4 Å². The smallest absolute Gasteiger partial charge is 0.124 e. The van der Waals surface area contributed by atoms with E-state index in [9.17, 15) is 0 Å². The summed E-state index contributed by atoms with van der Waals surface area (Å²) in [7, 11) is 0. The molecule has 0 saturated carbocycles.